The summed E-state index contributed by atoms with van der Waals surface area (Å²) in [7, 11) is 4.32. The first-order chi connectivity index (χ1) is 11.6. The number of halogens is 1. The fourth-order valence-corrected chi connectivity index (χ4v) is 3.80. The van der Waals surface area contributed by atoms with E-state index in [1.165, 1.54) is 11.6 Å². The van der Waals surface area contributed by atoms with Crippen LogP contribution in [0.3, 0.4) is 0 Å². The predicted molar refractivity (Wildman–Crippen MR) is 95.3 cm³/mol. The normalized spacial score (nSPS) is 24.2. The first-order valence-electron chi connectivity index (χ1n) is 8.70. The fourth-order valence-electron chi connectivity index (χ4n) is 3.80. The van der Waals surface area contributed by atoms with Crippen molar-refractivity contribution in [2.75, 3.05) is 14.1 Å². The maximum absolute atomic E-state index is 13.7. The van der Waals surface area contributed by atoms with Gasteiger partial charge >= 0.3 is 0 Å². The van der Waals surface area contributed by atoms with Gasteiger partial charge in [-0.25, -0.2) is 4.39 Å². The maximum atomic E-state index is 13.7. The van der Waals surface area contributed by atoms with Crippen LogP contribution in [0.2, 0.25) is 0 Å². The first-order valence-corrected chi connectivity index (χ1v) is 8.70. The van der Waals surface area contributed by atoms with E-state index < -0.39 is 0 Å². The van der Waals surface area contributed by atoms with Gasteiger partial charge in [0.1, 0.15) is 5.82 Å². The molecule has 1 saturated carbocycles. The zero-order valence-electron chi connectivity index (χ0n) is 14.5. The van der Waals surface area contributed by atoms with Crippen molar-refractivity contribution < 1.29 is 9.13 Å². The lowest BCUT2D eigenvalue weighted by Crippen LogP contribution is -2.45. The Morgan fingerprint density at radius 3 is 2.25 bits per heavy atom. The summed E-state index contributed by atoms with van der Waals surface area (Å²) in [6.45, 7) is 0.359. The molecule has 0 heterocycles. The summed E-state index contributed by atoms with van der Waals surface area (Å²) in [6, 6.07) is 17.6. The molecule has 128 valence electrons. The predicted octanol–water partition coefficient (Wildman–Crippen LogP) is 4.74. The van der Waals surface area contributed by atoms with Gasteiger partial charge in [0.15, 0.2) is 0 Å². The van der Waals surface area contributed by atoms with Crippen molar-refractivity contribution in [2.45, 2.75) is 43.9 Å². The second-order valence-electron chi connectivity index (χ2n) is 6.89. The SMILES string of the molecule is CN(C)[C@]1(c2ccccc2)CC[C@@H](OCc2ccccc2F)CC1. The van der Waals surface area contributed by atoms with Crippen LogP contribution in [0.15, 0.2) is 54.6 Å². The van der Waals surface area contributed by atoms with Crippen molar-refractivity contribution in [3.63, 3.8) is 0 Å². The smallest absolute Gasteiger partial charge is 0.128 e. The van der Waals surface area contributed by atoms with Crippen LogP contribution in [0.5, 0.6) is 0 Å². The molecule has 0 radical (unpaired) electrons. The summed E-state index contributed by atoms with van der Waals surface area (Å²) in [4.78, 5) is 2.34. The van der Waals surface area contributed by atoms with Crippen molar-refractivity contribution in [1.82, 2.24) is 4.90 Å². The van der Waals surface area contributed by atoms with Gasteiger partial charge in [-0.1, -0.05) is 48.5 Å². The number of rotatable bonds is 5. The van der Waals surface area contributed by atoms with Crippen LogP contribution in [-0.4, -0.2) is 25.1 Å². The van der Waals surface area contributed by atoms with E-state index in [-0.39, 0.29) is 17.5 Å². The molecule has 1 aliphatic rings. The molecule has 0 atom stereocenters. The first kappa shape index (κ1) is 17.1. The average Bonchev–Trinajstić information content (AvgIpc) is 2.62. The van der Waals surface area contributed by atoms with Crippen LogP contribution in [0.25, 0.3) is 0 Å². The minimum atomic E-state index is -0.180. The van der Waals surface area contributed by atoms with E-state index in [0.717, 1.165) is 25.7 Å². The van der Waals surface area contributed by atoms with Gasteiger partial charge in [-0.05, 0) is 51.4 Å². The molecule has 3 heteroatoms. The largest absolute Gasteiger partial charge is 0.373 e. The van der Waals surface area contributed by atoms with Crippen molar-refractivity contribution in [3.05, 3.63) is 71.5 Å². The van der Waals surface area contributed by atoms with Crippen molar-refractivity contribution in [3.8, 4) is 0 Å². The number of benzene rings is 2. The maximum Gasteiger partial charge on any atom is 0.128 e. The Bertz CT molecular complexity index is 648. The lowest BCUT2D eigenvalue weighted by Gasteiger charge is -2.45. The van der Waals surface area contributed by atoms with Crippen molar-refractivity contribution in [1.29, 1.82) is 0 Å². The van der Waals surface area contributed by atoms with Gasteiger partial charge in [0.05, 0.1) is 12.7 Å². The highest BCUT2D eigenvalue weighted by atomic mass is 19.1. The van der Waals surface area contributed by atoms with Gasteiger partial charge < -0.3 is 4.74 Å². The summed E-state index contributed by atoms with van der Waals surface area (Å²) in [6.07, 6.45) is 4.34. The van der Waals surface area contributed by atoms with Crippen LogP contribution in [0.4, 0.5) is 4.39 Å². The van der Waals surface area contributed by atoms with Crippen molar-refractivity contribution >= 4 is 0 Å². The lowest BCUT2D eigenvalue weighted by molar-refractivity contribution is -0.0256. The average molecular weight is 327 g/mol. The summed E-state index contributed by atoms with van der Waals surface area (Å²) in [5.41, 5.74) is 2.10. The standard InChI is InChI=1S/C21H26FNO/c1-23(2)21(18-9-4-3-5-10-18)14-12-19(13-15-21)24-16-17-8-6-7-11-20(17)22/h3-11,19H,12-16H2,1-2H3/t19-,21-. The third-order valence-electron chi connectivity index (χ3n) is 5.36. The molecule has 1 aliphatic carbocycles. The molecule has 0 unspecified atom stereocenters. The van der Waals surface area contributed by atoms with Gasteiger partial charge in [0.25, 0.3) is 0 Å². The molecule has 2 aromatic carbocycles. The molecule has 0 saturated heterocycles. The Labute approximate surface area is 144 Å². The Morgan fingerprint density at radius 1 is 1.00 bits per heavy atom. The van der Waals surface area contributed by atoms with Gasteiger partial charge in [-0.15, -0.1) is 0 Å². The number of hydrogen-bond donors (Lipinski definition) is 0. The third kappa shape index (κ3) is 3.52. The molecule has 24 heavy (non-hydrogen) atoms. The highest BCUT2D eigenvalue weighted by molar-refractivity contribution is 5.25. The number of nitrogens with zero attached hydrogens (tertiary/aromatic N) is 1. The topological polar surface area (TPSA) is 12.5 Å². The van der Waals surface area contributed by atoms with E-state index in [9.17, 15) is 4.39 Å². The zero-order chi connectivity index (χ0) is 17.0. The summed E-state index contributed by atoms with van der Waals surface area (Å²) >= 11 is 0. The monoisotopic (exact) mass is 327 g/mol. The van der Waals surface area contributed by atoms with Crippen LogP contribution in [0, 0.1) is 5.82 Å². The fraction of sp³-hybridized carbons (Fsp3) is 0.429. The second-order valence-corrected chi connectivity index (χ2v) is 6.89. The van der Waals surface area contributed by atoms with Gasteiger partial charge in [-0.2, -0.15) is 0 Å². The highest BCUT2D eigenvalue weighted by Crippen LogP contribution is 2.41. The lowest BCUT2D eigenvalue weighted by atomic mass is 9.74. The van der Waals surface area contributed by atoms with Crippen LogP contribution >= 0.6 is 0 Å². The van der Waals surface area contributed by atoms with E-state index in [1.807, 2.05) is 6.07 Å². The zero-order valence-corrected chi connectivity index (χ0v) is 14.5. The highest BCUT2D eigenvalue weighted by Gasteiger charge is 2.38. The number of hydrogen-bond acceptors (Lipinski definition) is 2. The molecule has 1 fully saturated rings. The van der Waals surface area contributed by atoms with Gasteiger partial charge in [0, 0.05) is 11.1 Å². The summed E-state index contributed by atoms with van der Waals surface area (Å²) in [5, 5.41) is 0. The van der Waals surface area contributed by atoms with E-state index >= 15 is 0 Å². The Kier molecular flexibility index (Phi) is 5.32. The Hall–Kier alpha value is -1.71. The quantitative estimate of drug-likeness (QED) is 0.786. The van der Waals surface area contributed by atoms with E-state index in [4.69, 9.17) is 4.74 Å². The molecule has 0 spiro atoms. The molecule has 3 rings (SSSR count). The summed E-state index contributed by atoms with van der Waals surface area (Å²) in [5.74, 6) is -0.180. The summed E-state index contributed by atoms with van der Waals surface area (Å²) < 4.78 is 19.7. The molecule has 0 aliphatic heterocycles. The minimum absolute atomic E-state index is 0.0825. The molecule has 0 N–H and O–H groups in total. The van der Waals surface area contributed by atoms with Crippen molar-refractivity contribution in [2.24, 2.45) is 0 Å². The van der Waals surface area contributed by atoms with E-state index in [0.29, 0.717) is 12.2 Å². The Balaban J connectivity index is 1.63. The third-order valence-corrected chi connectivity index (χ3v) is 5.36. The Morgan fingerprint density at radius 2 is 1.62 bits per heavy atom. The molecule has 2 aromatic rings. The van der Waals surface area contributed by atoms with E-state index in [1.54, 1.807) is 12.1 Å². The molecule has 2 nitrogen and oxygen atoms in total. The molecule has 0 amide bonds. The molecule has 0 aromatic heterocycles. The van der Waals surface area contributed by atoms with E-state index in [2.05, 4.69) is 49.3 Å². The van der Waals surface area contributed by atoms with Crippen LogP contribution in [0.1, 0.15) is 36.8 Å². The molecular weight excluding hydrogens is 301 g/mol. The van der Waals surface area contributed by atoms with Gasteiger partial charge in [-0.3, -0.25) is 4.90 Å². The second kappa shape index (κ2) is 7.45. The van der Waals surface area contributed by atoms with Crippen LogP contribution < -0.4 is 0 Å². The number of ether oxygens (including phenoxy) is 1. The molecular formula is C21H26FNO. The van der Waals surface area contributed by atoms with Crippen LogP contribution in [-0.2, 0) is 16.9 Å². The molecule has 0 bridgehead atoms. The van der Waals surface area contributed by atoms with Gasteiger partial charge in [0.2, 0.25) is 0 Å². The minimum Gasteiger partial charge on any atom is -0.373 e.